The molecule has 1 aliphatic carbocycles. The number of hydrogen-bond acceptors (Lipinski definition) is 2. The van der Waals surface area contributed by atoms with Gasteiger partial charge in [0.05, 0.1) is 6.93 Å². The first-order valence-electron chi connectivity index (χ1n) is 11.2. The van der Waals surface area contributed by atoms with Gasteiger partial charge in [0.15, 0.2) is 0 Å². The minimum atomic E-state index is -2.58. The van der Waals surface area contributed by atoms with Crippen molar-refractivity contribution >= 4 is 16.9 Å². The van der Waals surface area contributed by atoms with Crippen LogP contribution in [0.1, 0.15) is 60.1 Å². The molecule has 1 aliphatic heterocycles. The van der Waals surface area contributed by atoms with E-state index < -0.39 is 11.9 Å². The largest absolute Gasteiger partial charge is 0.478 e. The molecule has 3 aromatic rings. The van der Waals surface area contributed by atoms with Gasteiger partial charge in [-0.15, -0.1) is 0 Å². The van der Waals surface area contributed by atoms with E-state index in [1.807, 2.05) is 25.3 Å². The van der Waals surface area contributed by atoms with Crippen LogP contribution >= 0.6 is 0 Å². The van der Waals surface area contributed by atoms with Crippen LogP contribution in [-0.4, -0.2) is 33.4 Å². The molecule has 5 rings (SSSR count). The van der Waals surface area contributed by atoms with Crippen molar-refractivity contribution in [3.05, 3.63) is 70.9 Å². The summed E-state index contributed by atoms with van der Waals surface area (Å²) in [5.41, 5.74) is 3.75. The molecule has 2 fully saturated rings. The van der Waals surface area contributed by atoms with Gasteiger partial charge in [0.2, 0.25) is 5.92 Å². The van der Waals surface area contributed by atoms with Gasteiger partial charge >= 0.3 is 5.97 Å². The number of halogens is 2. The second-order valence-corrected chi connectivity index (χ2v) is 9.29. The molecule has 1 aromatic heterocycles. The molecule has 2 N–H and O–H groups in total. The highest BCUT2D eigenvalue weighted by Crippen LogP contribution is 2.60. The van der Waals surface area contributed by atoms with Gasteiger partial charge in [0, 0.05) is 42.5 Å². The Labute approximate surface area is 181 Å². The number of benzene rings is 2. The fourth-order valence-corrected chi connectivity index (χ4v) is 5.54. The zero-order valence-corrected chi connectivity index (χ0v) is 17.4. The summed E-state index contributed by atoms with van der Waals surface area (Å²) < 4.78 is 36.2. The molecule has 6 heteroatoms. The highest BCUT2D eigenvalue weighted by molar-refractivity contribution is 5.87. The monoisotopic (exact) mass is 425 g/mol. The number of nitrogens with one attached hydrogen (secondary N) is 1. The van der Waals surface area contributed by atoms with Gasteiger partial charge in [0.25, 0.3) is 0 Å². The first-order valence-corrected chi connectivity index (χ1v) is 10.7. The number of aromatic carboxylic acids is 1. The van der Waals surface area contributed by atoms with Gasteiger partial charge in [-0.05, 0) is 66.6 Å². The Balaban J connectivity index is 1.49. The van der Waals surface area contributed by atoms with Crippen molar-refractivity contribution in [3.8, 4) is 0 Å². The zero-order valence-electron chi connectivity index (χ0n) is 18.4. The van der Waals surface area contributed by atoms with Gasteiger partial charge in [0.1, 0.15) is 0 Å². The van der Waals surface area contributed by atoms with E-state index in [-0.39, 0.29) is 29.9 Å². The number of rotatable bonds is 4. The smallest absolute Gasteiger partial charge is 0.335 e. The van der Waals surface area contributed by atoms with E-state index in [4.69, 9.17) is 1.37 Å². The lowest BCUT2D eigenvalue weighted by atomic mass is 9.59. The van der Waals surface area contributed by atoms with Crippen LogP contribution in [0.3, 0.4) is 0 Å². The van der Waals surface area contributed by atoms with Crippen LogP contribution in [-0.2, 0) is 6.54 Å². The number of carboxylic acids is 1. The molecule has 2 heterocycles. The van der Waals surface area contributed by atoms with Crippen molar-refractivity contribution in [1.82, 2.24) is 9.88 Å². The minimum Gasteiger partial charge on any atom is -0.478 e. The molecular weight excluding hydrogens is 398 g/mol. The molecule has 31 heavy (non-hydrogen) atoms. The van der Waals surface area contributed by atoms with Crippen molar-refractivity contribution in [2.45, 2.75) is 51.1 Å². The predicted molar refractivity (Wildman–Crippen MR) is 115 cm³/mol. The Morgan fingerprint density at radius 2 is 2.00 bits per heavy atom. The molecule has 1 saturated carbocycles. The van der Waals surface area contributed by atoms with Crippen molar-refractivity contribution in [1.29, 1.82) is 0 Å². The molecule has 0 bridgehead atoms. The van der Waals surface area contributed by atoms with Gasteiger partial charge < -0.3 is 10.1 Å². The molecule has 2 aromatic carbocycles. The van der Waals surface area contributed by atoms with Crippen LogP contribution in [0.4, 0.5) is 8.78 Å². The number of aromatic nitrogens is 1. The lowest BCUT2D eigenvalue weighted by molar-refractivity contribution is -0.186. The number of piperidine rings is 1. The van der Waals surface area contributed by atoms with E-state index in [1.54, 1.807) is 24.3 Å². The summed E-state index contributed by atoms with van der Waals surface area (Å²) in [4.78, 5) is 16.8. The maximum absolute atomic E-state index is 13.8. The summed E-state index contributed by atoms with van der Waals surface area (Å²) in [5, 5.41) is 10.3. The van der Waals surface area contributed by atoms with E-state index in [0.717, 1.165) is 27.6 Å². The molecule has 4 nitrogen and oxygen atoms in total. The maximum Gasteiger partial charge on any atom is 0.335 e. The SMILES string of the molecule is [2H]c1cc(C)c2[nH]ccc2c1CN1CCC2(CC1c1ccc(C(=O)O)cc1)CC(F)(F)C2. The average molecular weight is 425 g/mol. The number of hydrogen-bond donors (Lipinski definition) is 2. The van der Waals surface area contributed by atoms with Crippen molar-refractivity contribution in [2.75, 3.05) is 6.54 Å². The van der Waals surface area contributed by atoms with E-state index in [0.29, 0.717) is 32.0 Å². The van der Waals surface area contributed by atoms with Crippen LogP contribution < -0.4 is 0 Å². The third-order valence-electron chi connectivity index (χ3n) is 7.10. The second-order valence-electron chi connectivity index (χ2n) is 9.29. The minimum absolute atomic E-state index is 0.0756. The van der Waals surface area contributed by atoms with Gasteiger partial charge in [-0.3, -0.25) is 4.90 Å². The van der Waals surface area contributed by atoms with Crippen LogP contribution in [0.5, 0.6) is 0 Å². The van der Waals surface area contributed by atoms with Crippen molar-refractivity contribution in [2.24, 2.45) is 5.41 Å². The number of carbonyl (C=O) groups is 1. The number of fused-ring (bicyclic) bond motifs is 1. The van der Waals surface area contributed by atoms with Crippen LogP contribution in [0, 0.1) is 12.3 Å². The number of carboxylic acid groups (broad SMARTS) is 1. The number of H-pyrrole nitrogens is 1. The lowest BCUT2D eigenvalue weighted by Gasteiger charge is -2.54. The van der Waals surface area contributed by atoms with Crippen LogP contribution in [0.15, 0.2) is 48.6 Å². The molecule has 1 spiro atoms. The number of likely N-dealkylation sites (tertiary alicyclic amines) is 1. The van der Waals surface area contributed by atoms with Gasteiger partial charge in [-0.2, -0.15) is 0 Å². The number of aryl methyl sites for hydroxylation is 1. The fourth-order valence-electron chi connectivity index (χ4n) is 5.54. The molecular formula is C25H26F2N2O2. The highest BCUT2D eigenvalue weighted by atomic mass is 19.3. The van der Waals surface area contributed by atoms with E-state index in [1.165, 1.54) is 0 Å². The summed E-state index contributed by atoms with van der Waals surface area (Å²) >= 11 is 0. The molecule has 1 unspecified atom stereocenters. The molecule has 1 atom stereocenters. The third-order valence-corrected chi connectivity index (χ3v) is 7.10. The summed E-state index contributed by atoms with van der Waals surface area (Å²) in [7, 11) is 0. The maximum atomic E-state index is 13.8. The molecule has 0 amide bonds. The first-order chi connectivity index (χ1) is 15.2. The summed E-state index contributed by atoms with van der Waals surface area (Å²) in [6, 6.07) is 11.0. The normalized spacial score (nSPS) is 22.9. The fraction of sp³-hybridized carbons (Fsp3) is 0.400. The molecule has 2 aliphatic rings. The number of nitrogens with zero attached hydrogens (tertiary/aromatic N) is 1. The predicted octanol–water partition coefficient (Wildman–Crippen LogP) is 5.93. The van der Waals surface area contributed by atoms with E-state index >= 15 is 0 Å². The second kappa shape index (κ2) is 7.16. The van der Waals surface area contributed by atoms with Crippen molar-refractivity contribution in [3.63, 3.8) is 0 Å². The topological polar surface area (TPSA) is 56.3 Å². The Morgan fingerprint density at radius 1 is 1.26 bits per heavy atom. The van der Waals surface area contributed by atoms with Crippen LogP contribution in [0.2, 0.25) is 0 Å². The first kappa shape index (κ1) is 19.0. The Kier molecular flexibility index (Phi) is 4.39. The summed E-state index contributed by atoms with van der Waals surface area (Å²) in [5.74, 6) is -3.57. The standard InChI is InChI=1S/C25H26F2N2O2/c1-16-2-3-19(20-8-10-28-22(16)20)13-29-11-9-24(14-25(26,27)15-24)12-21(29)17-4-6-18(7-5-17)23(30)31/h2-8,10,21,28H,9,11-15H2,1H3,(H,30,31)/i3D. The third kappa shape index (κ3) is 3.63. The number of alkyl halides is 2. The quantitative estimate of drug-likeness (QED) is 0.545. The molecule has 162 valence electrons. The Hall–Kier alpha value is -2.73. The van der Waals surface area contributed by atoms with Gasteiger partial charge in [-0.1, -0.05) is 24.2 Å². The lowest BCUT2D eigenvalue weighted by Crippen LogP contribution is -2.53. The Bertz CT molecular complexity index is 1180. The average Bonchev–Trinajstić information content (AvgIpc) is 3.21. The summed E-state index contributed by atoms with van der Waals surface area (Å²) in [6.07, 6.45) is 3.05. The van der Waals surface area contributed by atoms with Gasteiger partial charge in [-0.25, -0.2) is 13.6 Å². The number of aromatic amines is 1. The molecule has 0 radical (unpaired) electrons. The Morgan fingerprint density at radius 3 is 2.68 bits per heavy atom. The highest BCUT2D eigenvalue weighted by Gasteiger charge is 2.58. The summed E-state index contributed by atoms with van der Waals surface area (Å²) in [6.45, 7) is 3.20. The molecule has 1 saturated heterocycles. The zero-order chi connectivity index (χ0) is 22.7. The van der Waals surface area contributed by atoms with E-state index in [2.05, 4.69) is 9.88 Å². The van der Waals surface area contributed by atoms with Crippen molar-refractivity contribution < 1.29 is 20.1 Å². The van der Waals surface area contributed by atoms with E-state index in [9.17, 15) is 18.7 Å². The van der Waals surface area contributed by atoms with Crippen LogP contribution in [0.25, 0.3) is 10.9 Å².